The van der Waals surface area contributed by atoms with Crippen LogP contribution < -0.4 is 0 Å². The van der Waals surface area contributed by atoms with E-state index >= 15 is 0 Å². The van der Waals surface area contributed by atoms with Gasteiger partial charge in [-0.25, -0.2) is 0 Å². The molecule has 0 heterocycles. The second-order valence-corrected chi connectivity index (χ2v) is 6.39. The summed E-state index contributed by atoms with van der Waals surface area (Å²) in [7, 11) is 2.16. The van der Waals surface area contributed by atoms with Crippen molar-refractivity contribution in [2.45, 2.75) is 39.2 Å². The number of hydrogen-bond acceptors (Lipinski definition) is 2. The molecule has 0 aliphatic rings. The fourth-order valence-electron chi connectivity index (χ4n) is 2.73. The van der Waals surface area contributed by atoms with E-state index in [0.29, 0.717) is 11.8 Å². The third-order valence-electron chi connectivity index (χ3n) is 4.41. The summed E-state index contributed by atoms with van der Waals surface area (Å²) in [5.41, 5.74) is 3.48. The van der Waals surface area contributed by atoms with Gasteiger partial charge in [-0.2, -0.15) is 0 Å². The van der Waals surface area contributed by atoms with Crippen LogP contribution >= 0.6 is 0 Å². The summed E-state index contributed by atoms with van der Waals surface area (Å²) in [5.74, 6) is 0.619. The van der Waals surface area contributed by atoms with Crippen molar-refractivity contribution in [3.05, 3.63) is 65.2 Å². The van der Waals surface area contributed by atoms with Gasteiger partial charge in [-0.15, -0.1) is 0 Å². The molecular formula is C20H27NO. The molecule has 2 nitrogen and oxygen atoms in total. The average molecular weight is 297 g/mol. The number of phenols is 1. The highest BCUT2D eigenvalue weighted by atomic mass is 16.3. The van der Waals surface area contributed by atoms with Crippen molar-refractivity contribution in [2.75, 3.05) is 13.6 Å². The number of hydrogen-bond donors (Lipinski definition) is 1. The van der Waals surface area contributed by atoms with Crippen molar-refractivity contribution < 1.29 is 5.11 Å². The van der Waals surface area contributed by atoms with Crippen LogP contribution in [0.15, 0.2) is 48.5 Å². The highest BCUT2D eigenvalue weighted by Gasteiger charge is 2.19. The monoisotopic (exact) mass is 297 g/mol. The summed E-state index contributed by atoms with van der Waals surface area (Å²) >= 11 is 0. The molecule has 1 N–H and O–H groups in total. The van der Waals surface area contributed by atoms with E-state index in [2.05, 4.69) is 63.1 Å². The zero-order chi connectivity index (χ0) is 16.1. The molecule has 0 fully saturated rings. The second kappa shape index (κ2) is 7.46. The van der Waals surface area contributed by atoms with Gasteiger partial charge in [0, 0.05) is 17.5 Å². The predicted molar refractivity (Wildman–Crippen MR) is 93.5 cm³/mol. The fraction of sp³-hybridized carbons (Fsp3) is 0.400. The van der Waals surface area contributed by atoms with Gasteiger partial charge >= 0.3 is 0 Å². The van der Waals surface area contributed by atoms with Gasteiger partial charge < -0.3 is 10.0 Å². The molecule has 0 aliphatic heterocycles. The normalized spacial score (nSPS) is 12.8. The Morgan fingerprint density at radius 1 is 1.05 bits per heavy atom. The van der Waals surface area contributed by atoms with Gasteiger partial charge in [0.15, 0.2) is 0 Å². The predicted octanol–water partition coefficient (Wildman–Crippen LogP) is 4.56. The first-order chi connectivity index (χ1) is 10.5. The van der Waals surface area contributed by atoms with E-state index in [1.54, 1.807) is 0 Å². The summed E-state index contributed by atoms with van der Waals surface area (Å²) in [6.07, 6.45) is 0.996. The number of aromatic hydroxyl groups is 1. The van der Waals surface area contributed by atoms with Gasteiger partial charge in [-0.1, -0.05) is 48.0 Å². The summed E-state index contributed by atoms with van der Waals surface area (Å²) in [5, 5.41) is 10.3. The van der Waals surface area contributed by atoms with Crippen LogP contribution in [-0.2, 0) is 0 Å². The zero-order valence-corrected chi connectivity index (χ0v) is 14.1. The van der Waals surface area contributed by atoms with Crippen LogP contribution in [-0.4, -0.2) is 29.6 Å². The van der Waals surface area contributed by atoms with Crippen molar-refractivity contribution in [1.82, 2.24) is 4.90 Å². The molecule has 2 aromatic rings. The molecule has 0 amide bonds. The van der Waals surface area contributed by atoms with E-state index in [1.807, 2.05) is 18.2 Å². The van der Waals surface area contributed by atoms with E-state index in [1.165, 1.54) is 11.1 Å². The molecule has 0 radical (unpaired) electrons. The Labute approximate surface area is 134 Å². The zero-order valence-electron chi connectivity index (χ0n) is 14.1. The van der Waals surface area contributed by atoms with Gasteiger partial charge in [0.1, 0.15) is 5.75 Å². The first kappa shape index (κ1) is 16.6. The lowest BCUT2D eigenvalue weighted by molar-refractivity contribution is 0.266. The molecule has 0 saturated carbocycles. The number of nitrogens with zero attached hydrogens (tertiary/aromatic N) is 1. The van der Waals surface area contributed by atoms with Crippen molar-refractivity contribution in [3.8, 4) is 5.75 Å². The number of aryl methyl sites for hydroxylation is 1. The van der Waals surface area contributed by atoms with Gasteiger partial charge in [0.2, 0.25) is 0 Å². The molecule has 2 aromatic carbocycles. The molecule has 0 bridgehead atoms. The van der Waals surface area contributed by atoms with Crippen LogP contribution in [0.5, 0.6) is 5.75 Å². The standard InChI is InChI=1S/C20H27NO/c1-15(2)21(4)13-12-18(17-8-6-5-7-9-17)19-14-16(3)10-11-20(19)22/h5-11,14-15,18,22H,12-13H2,1-4H3. The summed E-state index contributed by atoms with van der Waals surface area (Å²) in [4.78, 5) is 2.35. The summed E-state index contributed by atoms with van der Waals surface area (Å²) in [6.45, 7) is 7.50. The van der Waals surface area contributed by atoms with Crippen LogP contribution in [0, 0.1) is 6.92 Å². The number of phenolic OH excluding ortho intramolecular Hbond substituents is 1. The molecule has 0 spiro atoms. The first-order valence-corrected chi connectivity index (χ1v) is 8.03. The van der Waals surface area contributed by atoms with Gasteiger partial charge in [0.25, 0.3) is 0 Å². The lowest BCUT2D eigenvalue weighted by atomic mass is 9.87. The van der Waals surface area contributed by atoms with Crippen LogP contribution in [0.3, 0.4) is 0 Å². The minimum Gasteiger partial charge on any atom is -0.508 e. The molecule has 0 saturated heterocycles. The molecule has 1 atom stereocenters. The van der Waals surface area contributed by atoms with Crippen LogP contribution in [0.4, 0.5) is 0 Å². The van der Waals surface area contributed by atoms with Crippen LogP contribution in [0.1, 0.15) is 42.9 Å². The minimum atomic E-state index is 0.224. The molecule has 1 unspecified atom stereocenters. The van der Waals surface area contributed by atoms with E-state index < -0.39 is 0 Å². The Morgan fingerprint density at radius 2 is 1.73 bits per heavy atom. The topological polar surface area (TPSA) is 23.5 Å². The Kier molecular flexibility index (Phi) is 5.62. The SMILES string of the molecule is Cc1ccc(O)c(C(CCN(C)C(C)C)c2ccccc2)c1. The molecular weight excluding hydrogens is 270 g/mol. The minimum absolute atomic E-state index is 0.224. The van der Waals surface area contributed by atoms with E-state index in [9.17, 15) is 5.11 Å². The maximum absolute atomic E-state index is 10.3. The van der Waals surface area contributed by atoms with E-state index in [0.717, 1.165) is 18.5 Å². The van der Waals surface area contributed by atoms with E-state index in [4.69, 9.17) is 0 Å². The molecule has 22 heavy (non-hydrogen) atoms. The Hall–Kier alpha value is -1.80. The smallest absolute Gasteiger partial charge is 0.119 e. The molecule has 118 valence electrons. The molecule has 2 rings (SSSR count). The Balaban J connectivity index is 2.31. The maximum Gasteiger partial charge on any atom is 0.119 e. The van der Waals surface area contributed by atoms with Crippen molar-refractivity contribution in [2.24, 2.45) is 0 Å². The molecule has 2 heteroatoms. The lowest BCUT2D eigenvalue weighted by Crippen LogP contribution is -2.28. The van der Waals surface area contributed by atoms with Gasteiger partial charge in [0.05, 0.1) is 0 Å². The quantitative estimate of drug-likeness (QED) is 0.844. The third-order valence-corrected chi connectivity index (χ3v) is 4.41. The maximum atomic E-state index is 10.3. The second-order valence-electron chi connectivity index (χ2n) is 6.39. The van der Waals surface area contributed by atoms with Gasteiger partial charge in [-0.3, -0.25) is 0 Å². The Morgan fingerprint density at radius 3 is 2.36 bits per heavy atom. The Bertz CT molecular complexity index is 592. The fourth-order valence-corrected chi connectivity index (χ4v) is 2.73. The largest absolute Gasteiger partial charge is 0.508 e. The van der Waals surface area contributed by atoms with Crippen LogP contribution in [0.2, 0.25) is 0 Å². The van der Waals surface area contributed by atoms with E-state index in [-0.39, 0.29) is 5.92 Å². The summed E-state index contributed by atoms with van der Waals surface area (Å²) < 4.78 is 0. The lowest BCUT2D eigenvalue weighted by Gasteiger charge is -2.25. The molecule has 0 aromatic heterocycles. The van der Waals surface area contributed by atoms with Crippen LogP contribution in [0.25, 0.3) is 0 Å². The molecule has 0 aliphatic carbocycles. The number of rotatable bonds is 6. The highest BCUT2D eigenvalue weighted by Crippen LogP contribution is 2.34. The first-order valence-electron chi connectivity index (χ1n) is 8.03. The highest BCUT2D eigenvalue weighted by molar-refractivity contribution is 5.43. The third kappa shape index (κ3) is 4.11. The van der Waals surface area contributed by atoms with Crippen molar-refractivity contribution in [3.63, 3.8) is 0 Å². The summed E-state index contributed by atoms with van der Waals surface area (Å²) in [6, 6.07) is 16.9. The van der Waals surface area contributed by atoms with Crippen molar-refractivity contribution in [1.29, 1.82) is 0 Å². The van der Waals surface area contributed by atoms with Crippen molar-refractivity contribution >= 4 is 0 Å². The van der Waals surface area contributed by atoms with Gasteiger partial charge in [-0.05, 0) is 52.4 Å². The number of benzene rings is 2. The average Bonchev–Trinajstić information content (AvgIpc) is 2.51.